The van der Waals surface area contributed by atoms with Gasteiger partial charge in [0.15, 0.2) is 0 Å². The number of thioether (sulfide) groups is 1. The van der Waals surface area contributed by atoms with Crippen LogP contribution in [0.1, 0.15) is 24.0 Å². The molecule has 24 heavy (non-hydrogen) atoms. The number of hydrogen-bond acceptors (Lipinski definition) is 7. The molecular weight excluding hydrogens is 332 g/mol. The van der Waals surface area contributed by atoms with Crippen LogP contribution in [0.5, 0.6) is 0 Å². The lowest BCUT2D eigenvalue weighted by atomic mass is 10.1. The summed E-state index contributed by atoms with van der Waals surface area (Å²) in [5.41, 5.74) is 0.688. The minimum atomic E-state index is -0.364. The van der Waals surface area contributed by atoms with Gasteiger partial charge in [0, 0.05) is 6.42 Å². The molecule has 1 aliphatic heterocycles. The molecule has 1 unspecified atom stereocenters. The van der Waals surface area contributed by atoms with E-state index in [1.54, 1.807) is 30.7 Å². The minimum Gasteiger partial charge on any atom is -0.468 e. The van der Waals surface area contributed by atoms with Crippen LogP contribution in [0.4, 0.5) is 0 Å². The Hall–Kier alpha value is -2.48. The number of nitrogens with zero attached hydrogens (tertiary/aromatic N) is 2. The molecule has 126 valence electrons. The van der Waals surface area contributed by atoms with Crippen molar-refractivity contribution in [3.05, 3.63) is 48.3 Å². The fourth-order valence-corrected chi connectivity index (χ4v) is 3.07. The van der Waals surface area contributed by atoms with Crippen molar-refractivity contribution >= 4 is 29.4 Å². The summed E-state index contributed by atoms with van der Waals surface area (Å²) in [5.74, 6) is 0.969. The highest BCUT2D eigenvalue weighted by atomic mass is 32.2. The van der Waals surface area contributed by atoms with Gasteiger partial charge < -0.3 is 13.6 Å². The van der Waals surface area contributed by atoms with Gasteiger partial charge in [0.25, 0.3) is 5.91 Å². The molecule has 0 radical (unpaired) electrons. The molecule has 1 aliphatic rings. The molecule has 0 saturated carbocycles. The molecule has 0 saturated heterocycles. The van der Waals surface area contributed by atoms with E-state index in [0.717, 1.165) is 0 Å². The summed E-state index contributed by atoms with van der Waals surface area (Å²) in [7, 11) is 1.32. The van der Waals surface area contributed by atoms with E-state index in [1.165, 1.54) is 23.9 Å². The molecule has 2 aromatic rings. The number of carbonyl (C=O) groups excluding carboxylic acids is 2. The second kappa shape index (κ2) is 7.39. The SMILES string of the molecule is COC(=O)CSCC(=O)N1N=C(c2ccco2)CC1c1ccco1. The zero-order valence-electron chi connectivity index (χ0n) is 13.0. The Morgan fingerprint density at radius 3 is 2.75 bits per heavy atom. The molecule has 0 aliphatic carbocycles. The van der Waals surface area contributed by atoms with Crippen LogP contribution < -0.4 is 0 Å². The van der Waals surface area contributed by atoms with Gasteiger partial charge in [0.05, 0.1) is 31.1 Å². The average molecular weight is 348 g/mol. The maximum Gasteiger partial charge on any atom is 0.315 e. The van der Waals surface area contributed by atoms with Crippen molar-refractivity contribution in [2.75, 3.05) is 18.6 Å². The topological polar surface area (TPSA) is 85.3 Å². The van der Waals surface area contributed by atoms with Crippen molar-refractivity contribution in [3.8, 4) is 0 Å². The maximum atomic E-state index is 12.5. The molecule has 8 heteroatoms. The molecule has 0 spiro atoms. The molecule has 7 nitrogen and oxygen atoms in total. The first-order chi connectivity index (χ1) is 11.7. The van der Waals surface area contributed by atoms with Gasteiger partial charge >= 0.3 is 5.97 Å². The lowest BCUT2D eigenvalue weighted by Gasteiger charge is -2.19. The first kappa shape index (κ1) is 16.4. The lowest BCUT2D eigenvalue weighted by molar-refractivity contribution is -0.137. The Kier molecular flexibility index (Phi) is 5.05. The van der Waals surface area contributed by atoms with E-state index in [-0.39, 0.29) is 29.4 Å². The summed E-state index contributed by atoms with van der Waals surface area (Å²) < 4.78 is 15.4. The average Bonchev–Trinajstić information content (AvgIpc) is 3.33. The fourth-order valence-electron chi connectivity index (χ4n) is 2.38. The molecule has 0 bridgehead atoms. The Bertz CT molecular complexity index is 724. The largest absolute Gasteiger partial charge is 0.468 e. The van der Waals surface area contributed by atoms with E-state index in [9.17, 15) is 9.59 Å². The number of hydrazone groups is 1. The third-order valence-corrected chi connectivity index (χ3v) is 4.41. The van der Waals surface area contributed by atoms with Crippen LogP contribution in [-0.2, 0) is 14.3 Å². The van der Waals surface area contributed by atoms with Crippen LogP contribution in [0.25, 0.3) is 0 Å². The smallest absolute Gasteiger partial charge is 0.315 e. The number of carbonyl (C=O) groups is 2. The van der Waals surface area contributed by atoms with Crippen LogP contribution >= 0.6 is 11.8 Å². The highest BCUT2D eigenvalue weighted by molar-refractivity contribution is 8.00. The van der Waals surface area contributed by atoms with E-state index in [4.69, 9.17) is 8.83 Å². The van der Waals surface area contributed by atoms with Gasteiger partial charge in [0.2, 0.25) is 0 Å². The zero-order chi connectivity index (χ0) is 16.9. The molecule has 1 amide bonds. The van der Waals surface area contributed by atoms with Crippen molar-refractivity contribution < 1.29 is 23.2 Å². The maximum absolute atomic E-state index is 12.5. The van der Waals surface area contributed by atoms with Crippen LogP contribution in [-0.4, -0.2) is 41.2 Å². The van der Waals surface area contributed by atoms with E-state index in [2.05, 4.69) is 9.84 Å². The number of amides is 1. The second-order valence-electron chi connectivity index (χ2n) is 5.07. The molecule has 3 heterocycles. The lowest BCUT2D eigenvalue weighted by Crippen LogP contribution is -2.28. The number of methoxy groups -OCH3 is 1. The number of hydrogen-bond donors (Lipinski definition) is 0. The Morgan fingerprint density at radius 2 is 2.08 bits per heavy atom. The van der Waals surface area contributed by atoms with Gasteiger partial charge in [-0.05, 0) is 24.3 Å². The normalized spacial score (nSPS) is 17.0. The fraction of sp³-hybridized carbons (Fsp3) is 0.312. The van der Waals surface area contributed by atoms with Gasteiger partial charge in [0.1, 0.15) is 23.3 Å². The quantitative estimate of drug-likeness (QED) is 0.746. The third kappa shape index (κ3) is 3.53. The first-order valence-corrected chi connectivity index (χ1v) is 8.46. The first-order valence-electron chi connectivity index (χ1n) is 7.30. The summed E-state index contributed by atoms with van der Waals surface area (Å²) in [6.07, 6.45) is 3.64. The molecule has 1 atom stereocenters. The summed E-state index contributed by atoms with van der Waals surface area (Å²) in [5, 5.41) is 5.81. The molecule has 0 aromatic carbocycles. The summed E-state index contributed by atoms with van der Waals surface area (Å²) in [6, 6.07) is 6.85. The van der Waals surface area contributed by atoms with Crippen molar-refractivity contribution in [2.24, 2.45) is 5.10 Å². The van der Waals surface area contributed by atoms with Gasteiger partial charge in [-0.15, -0.1) is 11.8 Å². The van der Waals surface area contributed by atoms with Crippen LogP contribution in [0.3, 0.4) is 0 Å². The molecule has 2 aromatic heterocycles. The third-order valence-electron chi connectivity index (χ3n) is 3.52. The van der Waals surface area contributed by atoms with Crippen molar-refractivity contribution in [1.82, 2.24) is 5.01 Å². The number of ether oxygens (including phenoxy) is 1. The van der Waals surface area contributed by atoms with Gasteiger partial charge in [-0.3, -0.25) is 9.59 Å². The van der Waals surface area contributed by atoms with Crippen molar-refractivity contribution in [2.45, 2.75) is 12.5 Å². The van der Waals surface area contributed by atoms with Gasteiger partial charge in [-0.25, -0.2) is 5.01 Å². The Morgan fingerprint density at radius 1 is 1.29 bits per heavy atom. The monoisotopic (exact) mass is 348 g/mol. The van der Waals surface area contributed by atoms with E-state index in [0.29, 0.717) is 23.7 Å². The van der Waals surface area contributed by atoms with Crippen molar-refractivity contribution in [3.63, 3.8) is 0 Å². The van der Waals surface area contributed by atoms with Crippen LogP contribution in [0.2, 0.25) is 0 Å². The predicted molar refractivity (Wildman–Crippen MR) is 87.5 cm³/mol. The van der Waals surface area contributed by atoms with Crippen molar-refractivity contribution in [1.29, 1.82) is 0 Å². The zero-order valence-corrected chi connectivity index (χ0v) is 13.8. The number of esters is 1. The summed E-state index contributed by atoms with van der Waals surface area (Å²) in [4.78, 5) is 23.7. The number of furan rings is 2. The highest BCUT2D eigenvalue weighted by Gasteiger charge is 2.35. The Labute approximate surface area is 142 Å². The number of rotatable bonds is 6. The standard InChI is InChI=1S/C16H16N2O5S/c1-21-16(20)10-24-9-15(19)18-12(14-5-3-7-23-14)8-11(17-18)13-4-2-6-22-13/h2-7,12H,8-10H2,1H3. The molecule has 3 rings (SSSR count). The molecule has 0 N–H and O–H groups in total. The predicted octanol–water partition coefficient (Wildman–Crippen LogP) is 2.46. The minimum absolute atomic E-state index is 0.121. The molecular formula is C16H16N2O5S. The van der Waals surface area contributed by atoms with E-state index in [1.807, 2.05) is 6.07 Å². The van der Waals surface area contributed by atoms with Gasteiger partial charge in [-0.1, -0.05) is 0 Å². The van der Waals surface area contributed by atoms with Crippen LogP contribution in [0, 0.1) is 0 Å². The second-order valence-corrected chi connectivity index (χ2v) is 6.05. The van der Waals surface area contributed by atoms with E-state index < -0.39 is 0 Å². The van der Waals surface area contributed by atoms with Crippen LogP contribution in [0.15, 0.2) is 50.7 Å². The summed E-state index contributed by atoms with van der Waals surface area (Å²) >= 11 is 1.19. The Balaban J connectivity index is 1.73. The van der Waals surface area contributed by atoms with Gasteiger partial charge in [-0.2, -0.15) is 5.10 Å². The molecule has 0 fully saturated rings. The van der Waals surface area contributed by atoms with E-state index >= 15 is 0 Å². The highest BCUT2D eigenvalue weighted by Crippen LogP contribution is 2.33. The summed E-state index contributed by atoms with van der Waals surface area (Å²) in [6.45, 7) is 0.